The normalized spacial score (nSPS) is 19.7. The molecule has 0 bridgehead atoms. The summed E-state index contributed by atoms with van der Waals surface area (Å²) in [4.78, 5) is 12.5. The molecule has 1 atom stereocenters. The third-order valence-electron chi connectivity index (χ3n) is 4.08. The molecule has 1 aromatic carbocycles. The smallest absolute Gasteiger partial charge is 0.230 e. The van der Waals surface area contributed by atoms with E-state index >= 15 is 0 Å². The Hall–Kier alpha value is -0.690. The van der Waals surface area contributed by atoms with Gasteiger partial charge in [0.15, 0.2) is 0 Å². The number of anilines is 1. The minimum Gasteiger partial charge on any atom is -0.325 e. The van der Waals surface area contributed by atoms with Crippen LogP contribution in [0.4, 0.5) is 10.1 Å². The number of piperidine rings is 1. The van der Waals surface area contributed by atoms with Gasteiger partial charge in [-0.3, -0.25) is 4.79 Å². The highest BCUT2D eigenvalue weighted by Gasteiger charge is 2.37. The summed E-state index contributed by atoms with van der Waals surface area (Å²) in [7, 11) is 0. The number of nitrogens with one attached hydrogen (secondary N) is 2. The maximum absolute atomic E-state index is 13.1. The largest absolute Gasteiger partial charge is 0.325 e. The van der Waals surface area contributed by atoms with Gasteiger partial charge < -0.3 is 10.6 Å². The monoisotopic (exact) mass is 390 g/mol. The first-order valence-corrected chi connectivity index (χ1v) is 7.96. The van der Waals surface area contributed by atoms with E-state index in [1.165, 1.54) is 12.1 Å². The van der Waals surface area contributed by atoms with Crippen molar-refractivity contribution in [2.24, 2.45) is 11.3 Å². The molecule has 2 rings (SSSR count). The van der Waals surface area contributed by atoms with Crippen LogP contribution in [0.1, 0.15) is 26.7 Å². The Morgan fingerprint density at radius 2 is 2.25 bits per heavy atom. The van der Waals surface area contributed by atoms with Crippen LogP contribution >= 0.6 is 22.6 Å². The molecule has 0 aliphatic carbocycles. The predicted molar refractivity (Wildman–Crippen MR) is 87.1 cm³/mol. The number of hydrogen-bond donors (Lipinski definition) is 2. The van der Waals surface area contributed by atoms with E-state index in [4.69, 9.17) is 0 Å². The van der Waals surface area contributed by atoms with Crippen molar-refractivity contribution in [2.45, 2.75) is 26.7 Å². The van der Waals surface area contributed by atoms with Crippen LogP contribution in [-0.2, 0) is 4.79 Å². The van der Waals surface area contributed by atoms with Gasteiger partial charge in [0.05, 0.1) is 5.69 Å². The van der Waals surface area contributed by atoms with Crippen LogP contribution in [0.15, 0.2) is 18.2 Å². The molecule has 1 amide bonds. The Balaban J connectivity index is 2.09. The fraction of sp³-hybridized carbons (Fsp3) is 0.533. The van der Waals surface area contributed by atoms with Crippen LogP contribution in [0.5, 0.6) is 0 Å². The van der Waals surface area contributed by atoms with Gasteiger partial charge in [-0.1, -0.05) is 13.8 Å². The molecule has 1 aromatic rings. The Labute approximate surface area is 132 Å². The summed E-state index contributed by atoms with van der Waals surface area (Å²) < 4.78 is 13.8. The molecule has 110 valence electrons. The summed E-state index contributed by atoms with van der Waals surface area (Å²) in [5.74, 6) is 0.0354. The maximum atomic E-state index is 13.1. The molecule has 5 heteroatoms. The first-order valence-electron chi connectivity index (χ1n) is 6.88. The first kappa shape index (κ1) is 15.7. The molecular weight excluding hydrogens is 370 g/mol. The molecule has 3 nitrogen and oxygen atoms in total. The lowest BCUT2D eigenvalue weighted by Gasteiger charge is -2.36. The lowest BCUT2D eigenvalue weighted by atomic mass is 9.74. The van der Waals surface area contributed by atoms with Crippen LogP contribution in [0.2, 0.25) is 0 Å². The topological polar surface area (TPSA) is 41.1 Å². The molecule has 2 N–H and O–H groups in total. The number of carbonyl (C=O) groups is 1. The lowest BCUT2D eigenvalue weighted by Crippen LogP contribution is -2.44. The Morgan fingerprint density at radius 3 is 2.85 bits per heavy atom. The number of rotatable bonds is 3. The number of halogens is 2. The van der Waals surface area contributed by atoms with Crippen LogP contribution in [0.3, 0.4) is 0 Å². The second-order valence-corrected chi connectivity index (χ2v) is 7.01. The van der Waals surface area contributed by atoms with Gasteiger partial charge in [-0.15, -0.1) is 0 Å². The van der Waals surface area contributed by atoms with Crippen LogP contribution in [0.25, 0.3) is 0 Å². The van der Waals surface area contributed by atoms with E-state index in [0.717, 1.165) is 25.9 Å². The molecule has 1 heterocycles. The maximum Gasteiger partial charge on any atom is 0.230 e. The van der Waals surface area contributed by atoms with Gasteiger partial charge in [-0.2, -0.15) is 0 Å². The van der Waals surface area contributed by atoms with Gasteiger partial charge in [0.2, 0.25) is 5.91 Å². The summed E-state index contributed by atoms with van der Waals surface area (Å²) in [5.41, 5.74) is 0.235. The van der Waals surface area contributed by atoms with Gasteiger partial charge in [-0.05, 0) is 72.6 Å². The Morgan fingerprint density at radius 1 is 1.50 bits per heavy atom. The van der Waals surface area contributed by atoms with Gasteiger partial charge in [0.1, 0.15) is 5.82 Å². The summed E-state index contributed by atoms with van der Waals surface area (Å²) in [5, 5.41) is 6.28. The minimum absolute atomic E-state index is 0.00396. The molecule has 20 heavy (non-hydrogen) atoms. The molecule has 1 unspecified atom stereocenters. The van der Waals surface area contributed by atoms with E-state index in [1.807, 2.05) is 36.4 Å². The van der Waals surface area contributed by atoms with Crippen molar-refractivity contribution in [3.8, 4) is 0 Å². The molecule has 1 aliphatic heterocycles. The third-order valence-corrected chi connectivity index (χ3v) is 4.97. The Kier molecular flexibility index (Phi) is 5.01. The lowest BCUT2D eigenvalue weighted by molar-refractivity contribution is -0.127. The van der Waals surface area contributed by atoms with Crippen LogP contribution < -0.4 is 10.6 Å². The fourth-order valence-electron chi connectivity index (χ4n) is 2.53. The van der Waals surface area contributed by atoms with Gasteiger partial charge in [-0.25, -0.2) is 4.39 Å². The third kappa shape index (κ3) is 3.49. The first-order chi connectivity index (χ1) is 9.41. The standard InChI is InChI=1S/C15H20FIN2O/c1-15(2,10-4-3-7-18-9-10)14(20)19-13-6-5-11(16)8-12(13)17/h5-6,8,10,18H,3-4,7,9H2,1-2H3,(H,19,20). The number of amides is 1. The summed E-state index contributed by atoms with van der Waals surface area (Å²) in [6, 6.07) is 4.41. The summed E-state index contributed by atoms with van der Waals surface area (Å²) in [6.45, 7) is 5.87. The highest BCUT2D eigenvalue weighted by molar-refractivity contribution is 14.1. The van der Waals surface area contributed by atoms with E-state index in [9.17, 15) is 9.18 Å². The van der Waals surface area contributed by atoms with E-state index in [0.29, 0.717) is 15.2 Å². The highest BCUT2D eigenvalue weighted by atomic mass is 127. The van der Waals surface area contributed by atoms with E-state index in [2.05, 4.69) is 10.6 Å². The average molecular weight is 390 g/mol. The van der Waals surface area contributed by atoms with Crippen molar-refractivity contribution in [3.63, 3.8) is 0 Å². The van der Waals surface area contributed by atoms with Crippen LogP contribution in [0, 0.1) is 20.7 Å². The quantitative estimate of drug-likeness (QED) is 0.777. The zero-order valence-electron chi connectivity index (χ0n) is 11.8. The molecule has 0 spiro atoms. The molecule has 0 radical (unpaired) electrons. The average Bonchev–Trinajstić information content (AvgIpc) is 2.42. The molecule has 1 saturated heterocycles. The number of hydrogen-bond acceptors (Lipinski definition) is 2. The Bertz CT molecular complexity index is 499. The highest BCUT2D eigenvalue weighted by Crippen LogP contribution is 2.33. The van der Waals surface area contributed by atoms with Gasteiger partial charge >= 0.3 is 0 Å². The molecule has 0 aromatic heterocycles. The van der Waals surface area contributed by atoms with Crippen molar-refractivity contribution < 1.29 is 9.18 Å². The SMILES string of the molecule is CC(C)(C(=O)Nc1ccc(F)cc1I)C1CCCNC1. The predicted octanol–water partition coefficient (Wildman–Crippen LogP) is 3.39. The fourth-order valence-corrected chi connectivity index (χ4v) is 3.14. The van der Waals surface area contributed by atoms with Gasteiger partial charge in [0, 0.05) is 8.99 Å². The molecule has 1 aliphatic rings. The van der Waals surface area contributed by atoms with E-state index in [1.54, 1.807) is 6.07 Å². The second kappa shape index (κ2) is 6.39. The molecular formula is C15H20FIN2O. The number of benzene rings is 1. The van der Waals surface area contributed by atoms with Crippen molar-refractivity contribution in [2.75, 3.05) is 18.4 Å². The van der Waals surface area contributed by atoms with Gasteiger partial charge in [0.25, 0.3) is 0 Å². The van der Waals surface area contributed by atoms with Crippen molar-refractivity contribution in [1.29, 1.82) is 0 Å². The summed E-state index contributed by atoms with van der Waals surface area (Å²) >= 11 is 2.03. The zero-order chi connectivity index (χ0) is 14.8. The van der Waals surface area contributed by atoms with Crippen molar-refractivity contribution in [3.05, 3.63) is 27.6 Å². The van der Waals surface area contributed by atoms with Crippen molar-refractivity contribution >= 4 is 34.2 Å². The molecule has 0 saturated carbocycles. The van der Waals surface area contributed by atoms with E-state index in [-0.39, 0.29) is 11.7 Å². The van der Waals surface area contributed by atoms with Crippen LogP contribution in [-0.4, -0.2) is 19.0 Å². The summed E-state index contributed by atoms with van der Waals surface area (Å²) in [6.07, 6.45) is 2.17. The zero-order valence-corrected chi connectivity index (χ0v) is 14.0. The van der Waals surface area contributed by atoms with Crippen molar-refractivity contribution in [1.82, 2.24) is 5.32 Å². The molecule has 1 fully saturated rings. The number of carbonyl (C=O) groups excluding carboxylic acids is 1. The second-order valence-electron chi connectivity index (χ2n) is 5.84. The van der Waals surface area contributed by atoms with E-state index < -0.39 is 5.41 Å². The minimum atomic E-state index is -0.440.